The van der Waals surface area contributed by atoms with Crippen molar-refractivity contribution >= 4 is 29.2 Å². The standard InChI is InChI=1S/C18H18ClNO5/c1-23-16-8-7-13(11-15(16)19)20-17(21)12-25-18(22)9-10-24-14-5-3-2-4-6-14/h2-8,11H,9-10,12H2,1H3,(H,20,21). The zero-order valence-electron chi connectivity index (χ0n) is 13.7. The fourth-order valence-corrected chi connectivity index (χ4v) is 2.19. The molecule has 0 fully saturated rings. The van der Waals surface area contributed by atoms with E-state index in [2.05, 4.69) is 5.32 Å². The molecule has 0 heterocycles. The molecule has 0 aromatic heterocycles. The lowest BCUT2D eigenvalue weighted by molar-refractivity contribution is -0.147. The highest BCUT2D eigenvalue weighted by molar-refractivity contribution is 6.32. The maximum atomic E-state index is 11.8. The minimum absolute atomic E-state index is 0.0521. The summed E-state index contributed by atoms with van der Waals surface area (Å²) in [5, 5.41) is 2.95. The van der Waals surface area contributed by atoms with Crippen molar-refractivity contribution < 1.29 is 23.8 Å². The Bertz CT molecular complexity index is 721. The SMILES string of the molecule is COc1ccc(NC(=O)COC(=O)CCOc2ccccc2)cc1Cl. The molecule has 2 rings (SSSR count). The Hall–Kier alpha value is -2.73. The van der Waals surface area contributed by atoms with Gasteiger partial charge in [-0.15, -0.1) is 0 Å². The number of hydrogen-bond acceptors (Lipinski definition) is 5. The van der Waals surface area contributed by atoms with E-state index in [-0.39, 0.29) is 19.6 Å². The topological polar surface area (TPSA) is 73.9 Å². The molecule has 0 atom stereocenters. The van der Waals surface area contributed by atoms with E-state index in [0.29, 0.717) is 22.2 Å². The Morgan fingerprint density at radius 3 is 2.56 bits per heavy atom. The summed E-state index contributed by atoms with van der Waals surface area (Å²) in [6.45, 7) is -0.202. The molecule has 0 aliphatic heterocycles. The van der Waals surface area contributed by atoms with E-state index in [0.717, 1.165) is 0 Å². The molecule has 132 valence electrons. The third-order valence-corrected chi connectivity index (χ3v) is 3.41. The van der Waals surface area contributed by atoms with E-state index < -0.39 is 11.9 Å². The molecule has 0 saturated heterocycles. The number of para-hydroxylation sites is 1. The van der Waals surface area contributed by atoms with Crippen LogP contribution in [-0.2, 0) is 14.3 Å². The predicted octanol–water partition coefficient (Wildman–Crippen LogP) is 3.30. The average Bonchev–Trinajstić information content (AvgIpc) is 2.61. The van der Waals surface area contributed by atoms with Gasteiger partial charge in [0.1, 0.15) is 11.5 Å². The summed E-state index contributed by atoms with van der Waals surface area (Å²) in [6, 6.07) is 13.9. The number of methoxy groups -OCH3 is 1. The number of ether oxygens (including phenoxy) is 3. The lowest BCUT2D eigenvalue weighted by Crippen LogP contribution is -2.21. The minimum Gasteiger partial charge on any atom is -0.495 e. The van der Waals surface area contributed by atoms with Gasteiger partial charge >= 0.3 is 5.97 Å². The third-order valence-electron chi connectivity index (χ3n) is 3.12. The van der Waals surface area contributed by atoms with E-state index in [1.165, 1.54) is 7.11 Å². The van der Waals surface area contributed by atoms with Crippen LogP contribution in [0.25, 0.3) is 0 Å². The van der Waals surface area contributed by atoms with Gasteiger partial charge in [-0.05, 0) is 30.3 Å². The van der Waals surface area contributed by atoms with Crippen molar-refractivity contribution in [2.75, 3.05) is 25.6 Å². The molecule has 1 amide bonds. The average molecular weight is 364 g/mol. The summed E-state index contributed by atoms with van der Waals surface area (Å²) in [6.07, 6.45) is 0.0521. The van der Waals surface area contributed by atoms with Gasteiger partial charge in [0.05, 0.1) is 25.2 Å². The molecular weight excluding hydrogens is 346 g/mol. The number of amides is 1. The highest BCUT2D eigenvalue weighted by atomic mass is 35.5. The van der Waals surface area contributed by atoms with Gasteiger partial charge in [0.25, 0.3) is 5.91 Å². The van der Waals surface area contributed by atoms with E-state index >= 15 is 0 Å². The first-order chi connectivity index (χ1) is 12.1. The number of anilines is 1. The number of hydrogen-bond donors (Lipinski definition) is 1. The molecule has 0 aliphatic carbocycles. The van der Waals surface area contributed by atoms with Crippen molar-refractivity contribution in [3.63, 3.8) is 0 Å². The van der Waals surface area contributed by atoms with Gasteiger partial charge in [-0.25, -0.2) is 0 Å². The number of carbonyl (C=O) groups is 2. The van der Waals surface area contributed by atoms with Gasteiger partial charge in [0, 0.05) is 5.69 Å². The van der Waals surface area contributed by atoms with E-state index in [9.17, 15) is 9.59 Å². The van der Waals surface area contributed by atoms with Crippen molar-refractivity contribution in [2.45, 2.75) is 6.42 Å². The third kappa shape index (κ3) is 6.35. The molecule has 0 spiro atoms. The van der Waals surface area contributed by atoms with Crippen LogP contribution in [0, 0.1) is 0 Å². The number of rotatable bonds is 8. The largest absolute Gasteiger partial charge is 0.495 e. The predicted molar refractivity (Wildman–Crippen MR) is 94.1 cm³/mol. The maximum absolute atomic E-state index is 11.8. The van der Waals surface area contributed by atoms with Crippen LogP contribution in [0.1, 0.15) is 6.42 Å². The molecule has 0 radical (unpaired) electrons. The van der Waals surface area contributed by atoms with E-state index in [1.54, 1.807) is 30.3 Å². The second-order valence-corrected chi connectivity index (χ2v) is 5.38. The van der Waals surface area contributed by atoms with Crippen LogP contribution in [0.2, 0.25) is 5.02 Å². The first-order valence-electron chi connectivity index (χ1n) is 7.55. The second-order valence-electron chi connectivity index (χ2n) is 4.97. The summed E-state index contributed by atoms with van der Waals surface area (Å²) in [5.74, 6) is 0.200. The lowest BCUT2D eigenvalue weighted by Gasteiger charge is -2.09. The Balaban J connectivity index is 1.68. The van der Waals surface area contributed by atoms with Crippen molar-refractivity contribution in [2.24, 2.45) is 0 Å². The first kappa shape index (κ1) is 18.6. The zero-order valence-corrected chi connectivity index (χ0v) is 14.4. The smallest absolute Gasteiger partial charge is 0.309 e. The Morgan fingerprint density at radius 2 is 1.88 bits per heavy atom. The van der Waals surface area contributed by atoms with Gasteiger partial charge in [-0.3, -0.25) is 9.59 Å². The van der Waals surface area contributed by atoms with Gasteiger partial charge < -0.3 is 19.5 Å². The molecule has 6 nitrogen and oxygen atoms in total. The van der Waals surface area contributed by atoms with Crippen LogP contribution >= 0.6 is 11.6 Å². The van der Waals surface area contributed by atoms with Gasteiger partial charge in [-0.1, -0.05) is 29.8 Å². The fourth-order valence-electron chi connectivity index (χ4n) is 1.93. The molecule has 0 unspecified atom stereocenters. The molecule has 2 aromatic rings. The number of halogens is 1. The van der Waals surface area contributed by atoms with E-state index in [1.807, 2.05) is 18.2 Å². The molecule has 1 N–H and O–H groups in total. The summed E-state index contributed by atoms with van der Waals surface area (Å²) >= 11 is 5.97. The molecule has 0 aliphatic rings. The minimum atomic E-state index is -0.515. The summed E-state index contributed by atoms with van der Waals surface area (Å²) in [5.41, 5.74) is 0.485. The molecule has 7 heteroatoms. The molecule has 0 bridgehead atoms. The van der Waals surface area contributed by atoms with Gasteiger partial charge in [0.2, 0.25) is 0 Å². The second kappa shape index (κ2) is 9.54. The molecule has 25 heavy (non-hydrogen) atoms. The number of esters is 1. The highest BCUT2D eigenvalue weighted by Gasteiger charge is 2.09. The zero-order chi connectivity index (χ0) is 18.1. The van der Waals surface area contributed by atoms with Crippen molar-refractivity contribution in [1.82, 2.24) is 0 Å². The van der Waals surface area contributed by atoms with Crippen molar-refractivity contribution in [1.29, 1.82) is 0 Å². The number of nitrogens with one attached hydrogen (secondary N) is 1. The van der Waals surface area contributed by atoms with Crippen LogP contribution in [-0.4, -0.2) is 32.2 Å². The summed E-state index contributed by atoms with van der Waals surface area (Å²) in [4.78, 5) is 23.4. The quantitative estimate of drug-likeness (QED) is 0.728. The molecule has 2 aromatic carbocycles. The maximum Gasteiger partial charge on any atom is 0.309 e. The van der Waals surface area contributed by atoms with Crippen LogP contribution in [0.15, 0.2) is 48.5 Å². The van der Waals surface area contributed by atoms with Crippen molar-refractivity contribution in [3.8, 4) is 11.5 Å². The van der Waals surface area contributed by atoms with Gasteiger partial charge in [0.15, 0.2) is 6.61 Å². The van der Waals surface area contributed by atoms with Crippen LogP contribution < -0.4 is 14.8 Å². The van der Waals surface area contributed by atoms with Crippen LogP contribution in [0.4, 0.5) is 5.69 Å². The Morgan fingerprint density at radius 1 is 1.12 bits per heavy atom. The van der Waals surface area contributed by atoms with E-state index in [4.69, 9.17) is 25.8 Å². The van der Waals surface area contributed by atoms with Crippen molar-refractivity contribution in [3.05, 3.63) is 53.6 Å². The number of carbonyl (C=O) groups excluding carboxylic acids is 2. The normalized spacial score (nSPS) is 10.0. The Labute approximate surface area is 150 Å². The van der Waals surface area contributed by atoms with Crippen LogP contribution in [0.3, 0.4) is 0 Å². The first-order valence-corrected chi connectivity index (χ1v) is 7.93. The molecule has 0 saturated carbocycles. The lowest BCUT2D eigenvalue weighted by atomic mass is 10.3. The number of benzene rings is 2. The van der Waals surface area contributed by atoms with Gasteiger partial charge in [-0.2, -0.15) is 0 Å². The monoisotopic (exact) mass is 363 g/mol. The summed E-state index contributed by atoms with van der Waals surface area (Å²) in [7, 11) is 1.50. The summed E-state index contributed by atoms with van der Waals surface area (Å²) < 4.78 is 15.3. The Kier molecular flexibility index (Phi) is 7.10. The van der Waals surface area contributed by atoms with Crippen LogP contribution in [0.5, 0.6) is 11.5 Å². The fraction of sp³-hybridized carbons (Fsp3) is 0.222. The highest BCUT2D eigenvalue weighted by Crippen LogP contribution is 2.27. The molecular formula is C18H18ClNO5.